The molecule has 2 aliphatic heterocycles. The summed E-state index contributed by atoms with van der Waals surface area (Å²) in [5.74, 6) is 0.157. The maximum absolute atomic E-state index is 13.6. The van der Waals surface area contributed by atoms with Crippen LogP contribution in [-0.4, -0.2) is 79.2 Å². The fourth-order valence-electron chi connectivity index (χ4n) is 5.65. The maximum atomic E-state index is 13.6. The van der Waals surface area contributed by atoms with Crippen molar-refractivity contribution in [3.05, 3.63) is 95.1 Å². The van der Waals surface area contributed by atoms with Crippen molar-refractivity contribution in [3.8, 4) is 17.2 Å². The van der Waals surface area contributed by atoms with E-state index in [1.165, 1.54) is 0 Å². The summed E-state index contributed by atoms with van der Waals surface area (Å²) in [6, 6.07) is 21.4. The van der Waals surface area contributed by atoms with Crippen LogP contribution in [0.15, 0.2) is 78.4 Å². The number of hydrogen-bond acceptors (Lipinski definition) is 8. The van der Waals surface area contributed by atoms with Crippen molar-refractivity contribution < 1.29 is 33.6 Å². The second kappa shape index (κ2) is 15.6. The molecule has 3 aromatic rings. The Hall–Kier alpha value is -4.34. The van der Waals surface area contributed by atoms with Crippen molar-refractivity contribution in [2.24, 2.45) is 0 Å². The smallest absolute Gasteiger partial charge is 0.295 e. The summed E-state index contributed by atoms with van der Waals surface area (Å²) in [7, 11) is 0. The van der Waals surface area contributed by atoms with E-state index < -0.39 is 17.7 Å². The molecular weight excluding hydrogens is 572 g/mol. The molecule has 9 heteroatoms. The largest absolute Gasteiger partial charge is 0.507 e. The second-order valence-electron chi connectivity index (χ2n) is 11.1. The van der Waals surface area contributed by atoms with Crippen LogP contribution in [-0.2, 0) is 20.9 Å². The third kappa shape index (κ3) is 7.85. The second-order valence-corrected chi connectivity index (χ2v) is 11.1. The zero-order chi connectivity index (χ0) is 31.6. The number of amides is 1. The molecule has 0 radical (unpaired) electrons. The van der Waals surface area contributed by atoms with Crippen LogP contribution in [0, 0.1) is 0 Å². The third-order valence-corrected chi connectivity index (χ3v) is 7.94. The molecule has 2 fully saturated rings. The summed E-state index contributed by atoms with van der Waals surface area (Å²) in [6.45, 7) is 9.42. The van der Waals surface area contributed by atoms with E-state index in [9.17, 15) is 14.7 Å². The van der Waals surface area contributed by atoms with Crippen molar-refractivity contribution in [2.75, 3.05) is 52.6 Å². The van der Waals surface area contributed by atoms with Crippen molar-refractivity contribution in [1.82, 2.24) is 9.80 Å². The molecule has 1 atom stereocenters. The van der Waals surface area contributed by atoms with Gasteiger partial charge in [-0.05, 0) is 67.3 Å². The lowest BCUT2D eigenvalue weighted by molar-refractivity contribution is -0.140. The molecule has 3 aromatic carbocycles. The Balaban J connectivity index is 1.48. The highest BCUT2D eigenvalue weighted by molar-refractivity contribution is 6.46. The minimum Gasteiger partial charge on any atom is -0.507 e. The van der Waals surface area contributed by atoms with E-state index in [2.05, 4.69) is 4.90 Å². The van der Waals surface area contributed by atoms with Crippen LogP contribution >= 0.6 is 0 Å². The van der Waals surface area contributed by atoms with Crippen molar-refractivity contribution >= 4 is 17.4 Å². The molecule has 0 saturated carbocycles. The van der Waals surface area contributed by atoms with E-state index in [-0.39, 0.29) is 11.3 Å². The summed E-state index contributed by atoms with van der Waals surface area (Å²) in [6.07, 6.45) is 1.54. The van der Waals surface area contributed by atoms with Gasteiger partial charge in [-0.3, -0.25) is 14.5 Å². The van der Waals surface area contributed by atoms with Crippen LogP contribution in [0.2, 0.25) is 0 Å². The molecule has 0 bridgehead atoms. The molecule has 1 N–H and O–H groups in total. The topological polar surface area (TPSA) is 97.8 Å². The lowest BCUT2D eigenvalue weighted by Crippen LogP contribution is -2.39. The lowest BCUT2D eigenvalue weighted by Gasteiger charge is -2.29. The van der Waals surface area contributed by atoms with Crippen molar-refractivity contribution in [2.45, 2.75) is 39.3 Å². The Morgan fingerprint density at radius 2 is 1.64 bits per heavy atom. The van der Waals surface area contributed by atoms with Gasteiger partial charge < -0.3 is 29.0 Å². The summed E-state index contributed by atoms with van der Waals surface area (Å²) in [5.41, 5.74) is 2.15. The number of hydrogen-bond donors (Lipinski definition) is 1. The predicted octanol–water partition coefficient (Wildman–Crippen LogP) is 5.60. The maximum Gasteiger partial charge on any atom is 0.295 e. The highest BCUT2D eigenvalue weighted by Crippen LogP contribution is 2.42. The number of aliphatic hydroxyl groups excluding tert-OH is 1. The number of morpholine rings is 1. The molecule has 0 aromatic heterocycles. The first-order valence-corrected chi connectivity index (χ1v) is 15.7. The number of aliphatic hydroxyl groups is 1. The van der Waals surface area contributed by atoms with Crippen LogP contribution < -0.4 is 14.2 Å². The number of nitrogens with zero attached hydrogens (tertiary/aromatic N) is 2. The zero-order valence-electron chi connectivity index (χ0n) is 26.1. The SMILES string of the molecule is CCCOc1ccc(C(O)=C2C(=O)C(=O)N(CCCN3CCOCC3)C2c2ccc(OCc3ccccc3)c(OCC)c2)cc1. The first kappa shape index (κ1) is 32.1. The molecule has 2 saturated heterocycles. The average Bonchev–Trinajstić information content (AvgIpc) is 3.33. The van der Waals surface area contributed by atoms with Crippen molar-refractivity contribution in [1.29, 1.82) is 0 Å². The minimum atomic E-state index is -0.798. The molecule has 238 valence electrons. The molecule has 1 amide bonds. The zero-order valence-corrected chi connectivity index (χ0v) is 26.1. The number of ketones is 1. The predicted molar refractivity (Wildman–Crippen MR) is 171 cm³/mol. The van der Waals surface area contributed by atoms with E-state index in [4.69, 9.17) is 18.9 Å². The van der Waals surface area contributed by atoms with Crippen LogP contribution in [0.25, 0.3) is 5.76 Å². The fourth-order valence-corrected chi connectivity index (χ4v) is 5.65. The molecular formula is C36H42N2O7. The van der Waals surface area contributed by atoms with E-state index in [0.29, 0.717) is 74.4 Å². The standard InChI is InChI=1S/C36H42N2O7/c1-3-21-44-29-14-11-27(12-15-29)34(39)32-33(38(36(41)35(32)40)18-8-17-37-19-22-42-23-20-37)28-13-16-30(31(24-28)43-4-2)45-25-26-9-6-5-7-10-26/h5-7,9-16,24,33,39H,3-4,8,17-23,25H2,1-2H3. The highest BCUT2D eigenvalue weighted by atomic mass is 16.5. The lowest BCUT2D eigenvalue weighted by atomic mass is 9.95. The van der Waals surface area contributed by atoms with Crippen LogP contribution in [0.4, 0.5) is 0 Å². The Kier molecular flexibility index (Phi) is 11.1. The molecule has 0 aliphatic carbocycles. The Labute approximate surface area is 265 Å². The molecule has 1 unspecified atom stereocenters. The quantitative estimate of drug-likeness (QED) is 0.143. The number of benzene rings is 3. The first-order chi connectivity index (χ1) is 22.0. The van der Waals surface area contributed by atoms with Gasteiger partial charge in [0.05, 0.1) is 38.0 Å². The van der Waals surface area contributed by atoms with Gasteiger partial charge in [-0.25, -0.2) is 0 Å². The van der Waals surface area contributed by atoms with Gasteiger partial charge in [-0.15, -0.1) is 0 Å². The third-order valence-electron chi connectivity index (χ3n) is 7.94. The Bertz CT molecular complexity index is 1470. The van der Waals surface area contributed by atoms with Gasteiger partial charge >= 0.3 is 0 Å². The van der Waals surface area contributed by atoms with E-state index >= 15 is 0 Å². The van der Waals surface area contributed by atoms with Crippen molar-refractivity contribution in [3.63, 3.8) is 0 Å². The Morgan fingerprint density at radius 1 is 0.889 bits per heavy atom. The molecule has 0 spiro atoms. The number of carbonyl (C=O) groups is 2. The molecule has 5 rings (SSSR count). The highest BCUT2D eigenvalue weighted by Gasteiger charge is 2.46. The van der Waals surface area contributed by atoms with Crippen LogP contribution in [0.3, 0.4) is 0 Å². The van der Waals surface area contributed by atoms with Crippen LogP contribution in [0.1, 0.15) is 49.4 Å². The first-order valence-electron chi connectivity index (χ1n) is 15.7. The molecule has 45 heavy (non-hydrogen) atoms. The molecule has 2 heterocycles. The summed E-state index contributed by atoms with van der Waals surface area (Å²) in [5, 5.41) is 11.6. The van der Waals surface area contributed by atoms with Crippen LogP contribution in [0.5, 0.6) is 17.2 Å². The Morgan fingerprint density at radius 3 is 2.36 bits per heavy atom. The van der Waals surface area contributed by atoms with E-state index in [0.717, 1.165) is 31.6 Å². The summed E-state index contributed by atoms with van der Waals surface area (Å²) in [4.78, 5) is 31.0. The fraction of sp³-hybridized carbons (Fsp3) is 0.389. The van der Waals surface area contributed by atoms with Gasteiger partial charge in [-0.2, -0.15) is 0 Å². The number of Topliss-reactive ketones (excluding diaryl/α,β-unsaturated/α-hetero) is 1. The normalized spacial score (nSPS) is 18.3. The van der Waals surface area contributed by atoms with E-state index in [1.54, 1.807) is 35.2 Å². The summed E-state index contributed by atoms with van der Waals surface area (Å²) < 4.78 is 23.2. The van der Waals surface area contributed by atoms with Gasteiger partial charge in [0.15, 0.2) is 11.5 Å². The van der Waals surface area contributed by atoms with Gasteiger partial charge in [0.2, 0.25) is 0 Å². The number of likely N-dealkylation sites (tertiary alicyclic amines) is 1. The minimum absolute atomic E-state index is 0.0500. The average molecular weight is 615 g/mol. The van der Waals surface area contributed by atoms with Gasteiger partial charge in [0.25, 0.3) is 11.7 Å². The van der Waals surface area contributed by atoms with Gasteiger partial charge in [-0.1, -0.05) is 43.3 Å². The molecule has 2 aliphatic rings. The summed E-state index contributed by atoms with van der Waals surface area (Å²) >= 11 is 0. The number of ether oxygens (including phenoxy) is 4. The number of carbonyl (C=O) groups excluding carboxylic acids is 2. The van der Waals surface area contributed by atoms with E-state index in [1.807, 2.05) is 56.3 Å². The molecule has 9 nitrogen and oxygen atoms in total. The van der Waals surface area contributed by atoms with Gasteiger partial charge in [0, 0.05) is 31.7 Å². The monoisotopic (exact) mass is 614 g/mol. The number of rotatable bonds is 14. The van der Waals surface area contributed by atoms with Gasteiger partial charge in [0.1, 0.15) is 18.1 Å².